The molecule has 1 aromatic heterocycles. The summed E-state index contributed by atoms with van der Waals surface area (Å²) >= 11 is 1.66. The molecule has 0 N–H and O–H groups in total. The molecule has 29 heavy (non-hydrogen) atoms. The zero-order chi connectivity index (χ0) is 20.2. The molecule has 3 aromatic rings. The molecular formula is C21H20N4O3S. The van der Waals surface area contributed by atoms with Crippen molar-refractivity contribution in [2.24, 2.45) is 0 Å². The summed E-state index contributed by atoms with van der Waals surface area (Å²) in [4.78, 5) is 31.8. The van der Waals surface area contributed by atoms with Crippen LogP contribution in [0.15, 0.2) is 60.0 Å². The first-order chi connectivity index (χ1) is 14.1. The number of aromatic nitrogens is 1. The van der Waals surface area contributed by atoms with Crippen molar-refractivity contribution in [2.75, 3.05) is 26.2 Å². The number of benzene rings is 2. The van der Waals surface area contributed by atoms with Crippen LogP contribution in [0.2, 0.25) is 0 Å². The maximum atomic E-state index is 12.6. The Morgan fingerprint density at radius 1 is 1.03 bits per heavy atom. The molecule has 0 spiro atoms. The van der Waals surface area contributed by atoms with Crippen LogP contribution in [-0.2, 0) is 6.54 Å². The standard InChI is InChI=1S/C21H20N4O3S/c26-21(17-6-8-18(9-7-17)25(27)28)24-12-10-23(11-13-24)14-20-22-19(15-29-20)16-4-2-1-3-5-16/h1-9,15H,10-14H2. The lowest BCUT2D eigenvalue weighted by atomic mass is 10.1. The fourth-order valence-corrected chi connectivity index (χ4v) is 4.18. The normalized spacial score (nSPS) is 14.7. The number of nitrogens with zero attached hydrogens (tertiary/aromatic N) is 4. The van der Waals surface area contributed by atoms with E-state index in [1.165, 1.54) is 24.3 Å². The van der Waals surface area contributed by atoms with E-state index in [0.717, 1.165) is 35.9 Å². The summed E-state index contributed by atoms with van der Waals surface area (Å²) in [5, 5.41) is 13.9. The zero-order valence-electron chi connectivity index (χ0n) is 15.7. The van der Waals surface area contributed by atoms with Gasteiger partial charge in [0.1, 0.15) is 5.01 Å². The van der Waals surface area contributed by atoms with E-state index >= 15 is 0 Å². The zero-order valence-corrected chi connectivity index (χ0v) is 16.5. The maximum absolute atomic E-state index is 12.6. The molecule has 148 valence electrons. The van der Waals surface area contributed by atoms with Gasteiger partial charge in [-0.2, -0.15) is 0 Å². The van der Waals surface area contributed by atoms with Gasteiger partial charge >= 0.3 is 0 Å². The Bertz CT molecular complexity index is 996. The highest BCUT2D eigenvalue weighted by molar-refractivity contribution is 7.09. The van der Waals surface area contributed by atoms with Gasteiger partial charge < -0.3 is 4.90 Å². The topological polar surface area (TPSA) is 79.6 Å². The molecule has 0 aliphatic carbocycles. The molecular weight excluding hydrogens is 388 g/mol. The average molecular weight is 408 g/mol. The number of nitro groups is 1. The quantitative estimate of drug-likeness (QED) is 0.475. The first-order valence-corrected chi connectivity index (χ1v) is 10.2. The third-order valence-corrected chi connectivity index (χ3v) is 5.80. The average Bonchev–Trinajstić information content (AvgIpc) is 3.23. The van der Waals surface area contributed by atoms with Crippen molar-refractivity contribution in [2.45, 2.75) is 6.54 Å². The first kappa shape index (κ1) is 19.2. The van der Waals surface area contributed by atoms with Crippen LogP contribution in [0.3, 0.4) is 0 Å². The lowest BCUT2D eigenvalue weighted by molar-refractivity contribution is -0.384. The number of amides is 1. The molecule has 2 heterocycles. The fraction of sp³-hybridized carbons (Fsp3) is 0.238. The number of piperazine rings is 1. The van der Waals surface area contributed by atoms with E-state index in [0.29, 0.717) is 18.7 Å². The van der Waals surface area contributed by atoms with Crippen molar-refractivity contribution in [3.05, 3.63) is 80.7 Å². The number of hydrogen-bond donors (Lipinski definition) is 0. The summed E-state index contributed by atoms with van der Waals surface area (Å²) in [7, 11) is 0. The third kappa shape index (κ3) is 4.49. The largest absolute Gasteiger partial charge is 0.336 e. The van der Waals surface area contributed by atoms with Gasteiger partial charge in [-0.05, 0) is 12.1 Å². The SMILES string of the molecule is O=C(c1ccc([N+](=O)[O-])cc1)N1CCN(Cc2nc(-c3ccccc3)cs2)CC1. The maximum Gasteiger partial charge on any atom is 0.269 e. The Morgan fingerprint density at radius 3 is 2.38 bits per heavy atom. The van der Waals surface area contributed by atoms with Crippen molar-refractivity contribution in [3.63, 3.8) is 0 Å². The van der Waals surface area contributed by atoms with Gasteiger partial charge in [0.15, 0.2) is 0 Å². The molecule has 1 aliphatic heterocycles. The highest BCUT2D eigenvalue weighted by Gasteiger charge is 2.23. The van der Waals surface area contributed by atoms with Gasteiger partial charge in [0.25, 0.3) is 11.6 Å². The molecule has 1 amide bonds. The smallest absolute Gasteiger partial charge is 0.269 e. The van der Waals surface area contributed by atoms with Crippen LogP contribution < -0.4 is 0 Å². The summed E-state index contributed by atoms with van der Waals surface area (Å²) in [6.07, 6.45) is 0. The minimum atomic E-state index is -0.463. The van der Waals surface area contributed by atoms with E-state index in [9.17, 15) is 14.9 Å². The Balaban J connectivity index is 1.32. The van der Waals surface area contributed by atoms with Gasteiger partial charge in [0.2, 0.25) is 0 Å². The summed E-state index contributed by atoms with van der Waals surface area (Å²) in [6.45, 7) is 3.59. The molecule has 1 saturated heterocycles. The van der Waals surface area contributed by atoms with E-state index in [1.807, 2.05) is 18.2 Å². The van der Waals surface area contributed by atoms with E-state index in [4.69, 9.17) is 4.98 Å². The number of hydrogen-bond acceptors (Lipinski definition) is 6. The number of rotatable bonds is 5. The second-order valence-electron chi connectivity index (χ2n) is 6.86. The molecule has 2 aromatic carbocycles. The molecule has 4 rings (SSSR count). The van der Waals surface area contributed by atoms with Crippen molar-refractivity contribution in [3.8, 4) is 11.3 Å². The number of thiazole rings is 1. The highest BCUT2D eigenvalue weighted by atomic mass is 32.1. The summed E-state index contributed by atoms with van der Waals surface area (Å²) < 4.78 is 0. The van der Waals surface area contributed by atoms with Gasteiger partial charge in [-0.15, -0.1) is 11.3 Å². The number of non-ortho nitro benzene ring substituents is 1. The van der Waals surface area contributed by atoms with Gasteiger partial charge in [-0.1, -0.05) is 30.3 Å². The number of carbonyl (C=O) groups is 1. The summed E-state index contributed by atoms with van der Waals surface area (Å²) in [5.74, 6) is -0.0832. The number of nitro benzene ring substituents is 1. The van der Waals surface area contributed by atoms with Gasteiger partial charge in [-0.25, -0.2) is 4.98 Å². The van der Waals surface area contributed by atoms with Gasteiger partial charge in [0.05, 0.1) is 17.2 Å². The Kier molecular flexibility index (Phi) is 5.64. The Morgan fingerprint density at radius 2 is 1.72 bits per heavy atom. The van der Waals surface area contributed by atoms with Crippen LogP contribution in [0, 0.1) is 10.1 Å². The lowest BCUT2D eigenvalue weighted by Gasteiger charge is -2.34. The van der Waals surface area contributed by atoms with E-state index in [1.54, 1.807) is 16.2 Å². The molecule has 0 atom stereocenters. The molecule has 8 heteroatoms. The molecule has 0 radical (unpaired) electrons. The van der Waals surface area contributed by atoms with Crippen molar-refractivity contribution in [1.82, 2.24) is 14.8 Å². The highest BCUT2D eigenvalue weighted by Crippen LogP contribution is 2.23. The van der Waals surface area contributed by atoms with Crippen molar-refractivity contribution < 1.29 is 9.72 Å². The van der Waals surface area contributed by atoms with Crippen LogP contribution in [0.5, 0.6) is 0 Å². The predicted molar refractivity (Wildman–Crippen MR) is 112 cm³/mol. The predicted octanol–water partition coefficient (Wildman–Crippen LogP) is 3.68. The summed E-state index contributed by atoms with van der Waals surface area (Å²) in [6, 6.07) is 15.9. The molecule has 0 bridgehead atoms. The lowest BCUT2D eigenvalue weighted by Crippen LogP contribution is -2.48. The van der Waals surface area contributed by atoms with E-state index < -0.39 is 4.92 Å². The van der Waals surface area contributed by atoms with Crippen LogP contribution in [0.25, 0.3) is 11.3 Å². The summed E-state index contributed by atoms with van der Waals surface area (Å²) in [5.41, 5.74) is 2.59. The first-order valence-electron chi connectivity index (χ1n) is 9.36. The molecule has 0 saturated carbocycles. The fourth-order valence-electron chi connectivity index (χ4n) is 3.33. The second-order valence-corrected chi connectivity index (χ2v) is 7.81. The molecule has 0 unspecified atom stereocenters. The minimum absolute atomic E-state index is 0.00955. The van der Waals surface area contributed by atoms with Crippen LogP contribution >= 0.6 is 11.3 Å². The molecule has 7 nitrogen and oxygen atoms in total. The van der Waals surface area contributed by atoms with Crippen LogP contribution in [-0.4, -0.2) is 51.8 Å². The third-order valence-electron chi connectivity index (χ3n) is 4.96. The molecule has 1 fully saturated rings. The van der Waals surface area contributed by atoms with Crippen LogP contribution in [0.4, 0.5) is 5.69 Å². The Hall–Kier alpha value is -3.10. The van der Waals surface area contributed by atoms with Gasteiger partial charge in [0, 0.05) is 54.8 Å². The second kappa shape index (κ2) is 8.50. The monoisotopic (exact) mass is 408 g/mol. The van der Waals surface area contributed by atoms with Crippen LogP contribution in [0.1, 0.15) is 15.4 Å². The molecule has 1 aliphatic rings. The number of carbonyl (C=O) groups excluding carboxylic acids is 1. The van der Waals surface area contributed by atoms with Gasteiger partial charge in [-0.3, -0.25) is 19.8 Å². The van der Waals surface area contributed by atoms with E-state index in [-0.39, 0.29) is 11.6 Å². The minimum Gasteiger partial charge on any atom is -0.336 e. The van der Waals surface area contributed by atoms with Crippen molar-refractivity contribution >= 4 is 22.9 Å². The van der Waals surface area contributed by atoms with E-state index in [2.05, 4.69) is 22.4 Å². The Labute approximate surface area is 172 Å². The van der Waals surface area contributed by atoms with Crippen molar-refractivity contribution in [1.29, 1.82) is 0 Å².